The molecule has 156 valence electrons. The molecule has 0 saturated heterocycles. The number of carbonyl (C=O) groups is 1. The van der Waals surface area contributed by atoms with E-state index >= 15 is 0 Å². The predicted molar refractivity (Wildman–Crippen MR) is 113 cm³/mol. The molecular weight excluding hydrogens is 388 g/mol. The highest BCUT2D eigenvalue weighted by Gasteiger charge is 2.20. The van der Waals surface area contributed by atoms with E-state index < -0.39 is 6.61 Å². The summed E-state index contributed by atoms with van der Waals surface area (Å²) < 4.78 is 32.6. The van der Waals surface area contributed by atoms with Gasteiger partial charge in [-0.2, -0.15) is 8.78 Å². The highest BCUT2D eigenvalue weighted by Crippen LogP contribution is 2.33. The van der Waals surface area contributed by atoms with E-state index in [2.05, 4.69) is 22.1 Å². The highest BCUT2D eigenvalue weighted by molar-refractivity contribution is 5.87. The van der Waals surface area contributed by atoms with Crippen LogP contribution in [0.2, 0.25) is 0 Å². The molecule has 1 N–H and O–H groups in total. The minimum Gasteiger partial charge on any atom is -0.433 e. The first-order chi connectivity index (χ1) is 14.6. The van der Waals surface area contributed by atoms with Crippen molar-refractivity contribution in [2.24, 2.45) is 0 Å². The van der Waals surface area contributed by atoms with Crippen LogP contribution >= 0.6 is 0 Å². The summed E-state index contributed by atoms with van der Waals surface area (Å²) in [5, 5.41) is 3.04. The second-order valence-corrected chi connectivity index (χ2v) is 6.66. The topological polar surface area (TPSA) is 56.2 Å². The number of ether oxygens (including phenoxy) is 1. The van der Waals surface area contributed by atoms with Crippen LogP contribution in [0, 0.1) is 11.8 Å². The second-order valence-electron chi connectivity index (χ2n) is 6.66. The maximum absolute atomic E-state index is 13.0. The highest BCUT2D eigenvalue weighted by atomic mass is 19.3. The summed E-state index contributed by atoms with van der Waals surface area (Å²) in [6, 6.07) is 10.1. The number of halogens is 2. The Kier molecular flexibility index (Phi) is 7.15. The van der Waals surface area contributed by atoms with Crippen molar-refractivity contribution < 1.29 is 18.3 Å². The number of benzene rings is 2. The third kappa shape index (κ3) is 4.66. The molecule has 0 saturated carbocycles. The van der Waals surface area contributed by atoms with Gasteiger partial charge in [0.2, 0.25) is 0 Å². The minimum absolute atomic E-state index is 0.0724. The van der Waals surface area contributed by atoms with Crippen LogP contribution in [0.25, 0.3) is 16.7 Å². The normalized spacial score (nSPS) is 10.8. The number of carbonyl (C=O) groups excluding carboxylic acids is 1. The van der Waals surface area contributed by atoms with Crippen molar-refractivity contribution >= 4 is 17.3 Å². The maximum atomic E-state index is 13.0. The number of aryl methyl sites for hydroxylation is 1. The summed E-state index contributed by atoms with van der Waals surface area (Å²) in [6.07, 6.45) is 2.75. The lowest BCUT2D eigenvalue weighted by atomic mass is 10.1. The van der Waals surface area contributed by atoms with E-state index in [0.29, 0.717) is 36.0 Å². The van der Waals surface area contributed by atoms with Crippen molar-refractivity contribution in [1.82, 2.24) is 14.9 Å². The number of imidazole rings is 1. The molecule has 5 nitrogen and oxygen atoms in total. The Hall–Kier alpha value is -3.24. The van der Waals surface area contributed by atoms with Crippen LogP contribution in [0.1, 0.15) is 41.5 Å². The number of aldehydes is 1. The van der Waals surface area contributed by atoms with E-state index in [1.165, 1.54) is 12.1 Å². The Bertz CT molecular complexity index is 1100. The molecule has 3 rings (SSSR count). The molecule has 7 heteroatoms. The van der Waals surface area contributed by atoms with Gasteiger partial charge in [0.1, 0.15) is 11.5 Å². The molecule has 0 aliphatic rings. The first-order valence-electron chi connectivity index (χ1n) is 9.77. The van der Waals surface area contributed by atoms with Crippen LogP contribution < -0.4 is 10.1 Å². The van der Waals surface area contributed by atoms with Crippen molar-refractivity contribution in [3.63, 3.8) is 0 Å². The van der Waals surface area contributed by atoms with Gasteiger partial charge in [0.05, 0.1) is 11.0 Å². The number of alkyl halides is 2. The molecule has 0 atom stereocenters. The molecule has 0 fully saturated rings. The number of rotatable bonds is 8. The molecule has 0 bridgehead atoms. The van der Waals surface area contributed by atoms with E-state index in [0.717, 1.165) is 18.5 Å². The Morgan fingerprint density at radius 3 is 2.83 bits per heavy atom. The molecular formula is C23H23F2N3O2. The number of nitrogens with one attached hydrogen (secondary N) is 1. The number of hydrogen-bond acceptors (Lipinski definition) is 4. The Morgan fingerprint density at radius 1 is 1.30 bits per heavy atom. The van der Waals surface area contributed by atoms with Gasteiger partial charge in [-0.25, -0.2) is 4.98 Å². The van der Waals surface area contributed by atoms with Gasteiger partial charge in [0.15, 0.2) is 12.0 Å². The van der Waals surface area contributed by atoms with Crippen LogP contribution in [-0.4, -0.2) is 36.0 Å². The van der Waals surface area contributed by atoms with E-state index in [1.54, 1.807) is 10.6 Å². The first kappa shape index (κ1) is 21.5. The molecule has 0 radical (unpaired) electrons. The number of aromatic nitrogens is 2. The first-order valence-corrected chi connectivity index (χ1v) is 9.77. The average Bonchev–Trinajstić information content (AvgIpc) is 3.08. The molecule has 3 aromatic rings. The number of para-hydroxylation sites is 1. The predicted octanol–water partition coefficient (Wildman–Crippen LogP) is 4.35. The zero-order valence-electron chi connectivity index (χ0n) is 16.9. The van der Waals surface area contributed by atoms with Gasteiger partial charge in [0.25, 0.3) is 0 Å². The van der Waals surface area contributed by atoms with Gasteiger partial charge in [-0.15, -0.1) is 0 Å². The zero-order chi connectivity index (χ0) is 21.5. The third-order valence-electron chi connectivity index (χ3n) is 4.53. The molecule has 1 heterocycles. The molecule has 0 amide bonds. The van der Waals surface area contributed by atoms with E-state index in [1.807, 2.05) is 32.2 Å². The molecule has 0 aliphatic carbocycles. The van der Waals surface area contributed by atoms with Crippen LogP contribution in [-0.2, 0) is 6.42 Å². The standard InChI is InChI=1S/C23H23F2N3O2/c1-3-7-21-27-18-12-11-16(8-4-5-13-26-2)14-19(18)28(21)22-17(15-29)9-6-10-20(22)30-23(24)25/h6,9-12,14-15,23,26H,3,5,7,13H2,1-2H3. The zero-order valence-corrected chi connectivity index (χ0v) is 16.9. The van der Waals surface area contributed by atoms with Crippen LogP contribution in [0.5, 0.6) is 5.75 Å². The fraction of sp³-hybridized carbons (Fsp3) is 0.304. The lowest BCUT2D eigenvalue weighted by molar-refractivity contribution is -0.0498. The average molecular weight is 411 g/mol. The quantitative estimate of drug-likeness (QED) is 0.340. The molecule has 2 aromatic carbocycles. The Balaban J connectivity index is 2.24. The number of fused-ring (bicyclic) bond motifs is 1. The van der Waals surface area contributed by atoms with Gasteiger partial charge >= 0.3 is 6.61 Å². The lowest BCUT2D eigenvalue weighted by Crippen LogP contribution is -2.10. The van der Waals surface area contributed by atoms with Crippen molar-refractivity contribution in [1.29, 1.82) is 0 Å². The summed E-state index contributed by atoms with van der Waals surface area (Å²) in [6.45, 7) is -0.219. The summed E-state index contributed by atoms with van der Waals surface area (Å²) >= 11 is 0. The SMILES string of the molecule is CCCc1nc2ccc(C#CCCNC)cc2n1-c1c(C=O)cccc1OC(F)F. The number of nitrogens with zero attached hydrogens (tertiary/aromatic N) is 2. The lowest BCUT2D eigenvalue weighted by Gasteiger charge is -2.16. The molecule has 1 aromatic heterocycles. The largest absolute Gasteiger partial charge is 0.433 e. The van der Waals surface area contributed by atoms with E-state index in [9.17, 15) is 13.6 Å². The summed E-state index contributed by atoms with van der Waals surface area (Å²) in [7, 11) is 1.87. The smallest absolute Gasteiger partial charge is 0.387 e. The molecule has 0 unspecified atom stereocenters. The fourth-order valence-electron chi connectivity index (χ4n) is 3.26. The van der Waals surface area contributed by atoms with Gasteiger partial charge in [0, 0.05) is 30.5 Å². The molecule has 30 heavy (non-hydrogen) atoms. The van der Waals surface area contributed by atoms with Gasteiger partial charge in [-0.3, -0.25) is 9.36 Å². The number of hydrogen-bond donors (Lipinski definition) is 1. The van der Waals surface area contributed by atoms with Crippen molar-refractivity contribution in [2.45, 2.75) is 32.8 Å². The summed E-state index contributed by atoms with van der Waals surface area (Å²) in [5.74, 6) is 6.81. The molecule has 0 aliphatic heterocycles. The third-order valence-corrected chi connectivity index (χ3v) is 4.53. The van der Waals surface area contributed by atoms with Crippen LogP contribution in [0.3, 0.4) is 0 Å². The maximum Gasteiger partial charge on any atom is 0.387 e. The Morgan fingerprint density at radius 2 is 2.13 bits per heavy atom. The van der Waals surface area contributed by atoms with Crippen LogP contribution in [0.4, 0.5) is 8.78 Å². The summed E-state index contributed by atoms with van der Waals surface area (Å²) in [4.78, 5) is 16.4. The van der Waals surface area contributed by atoms with Crippen molar-refractivity contribution in [2.75, 3.05) is 13.6 Å². The van der Waals surface area contributed by atoms with Crippen LogP contribution in [0.15, 0.2) is 36.4 Å². The van der Waals surface area contributed by atoms with E-state index in [4.69, 9.17) is 4.74 Å². The monoisotopic (exact) mass is 411 g/mol. The fourth-order valence-corrected chi connectivity index (χ4v) is 3.26. The van der Waals surface area contributed by atoms with E-state index in [-0.39, 0.29) is 17.0 Å². The second kappa shape index (κ2) is 9.99. The van der Waals surface area contributed by atoms with Crippen molar-refractivity contribution in [3.05, 3.63) is 53.3 Å². The minimum atomic E-state index is -3.01. The van der Waals surface area contributed by atoms with Gasteiger partial charge < -0.3 is 10.1 Å². The van der Waals surface area contributed by atoms with Gasteiger partial charge in [-0.1, -0.05) is 24.8 Å². The summed E-state index contributed by atoms with van der Waals surface area (Å²) in [5.41, 5.74) is 2.67. The Labute approximate surface area is 174 Å². The molecule has 0 spiro atoms. The van der Waals surface area contributed by atoms with Crippen molar-refractivity contribution in [3.8, 4) is 23.3 Å². The van der Waals surface area contributed by atoms with Gasteiger partial charge in [-0.05, 0) is 43.8 Å².